The van der Waals surface area contributed by atoms with Crippen LogP contribution in [0, 0.1) is 17.0 Å². The summed E-state index contributed by atoms with van der Waals surface area (Å²) in [6.07, 6.45) is 2.36. The van der Waals surface area contributed by atoms with Crippen LogP contribution in [0.5, 0.6) is 0 Å². The summed E-state index contributed by atoms with van der Waals surface area (Å²) in [6, 6.07) is 0. The number of nitrogens with zero attached hydrogens (tertiary/aromatic N) is 4. The van der Waals surface area contributed by atoms with Crippen LogP contribution in [0.3, 0.4) is 0 Å². The number of carbonyl (C=O) groups is 1. The third kappa shape index (κ3) is 2.24. The number of rotatable bonds is 5. The van der Waals surface area contributed by atoms with E-state index in [1.165, 1.54) is 4.68 Å². The number of aliphatic carboxylic acids is 1. The van der Waals surface area contributed by atoms with Crippen molar-refractivity contribution in [1.82, 2.24) is 9.78 Å². The van der Waals surface area contributed by atoms with Crippen molar-refractivity contribution in [3.05, 3.63) is 15.8 Å². The van der Waals surface area contributed by atoms with E-state index >= 15 is 0 Å². The summed E-state index contributed by atoms with van der Waals surface area (Å²) in [5, 5.41) is 25.1. The van der Waals surface area contributed by atoms with Crippen LogP contribution in [0.1, 0.15) is 38.3 Å². The molecule has 1 aliphatic heterocycles. The normalized spacial score (nSPS) is 21.8. The molecule has 0 amide bonds. The van der Waals surface area contributed by atoms with Gasteiger partial charge in [-0.25, -0.2) is 9.48 Å². The maximum absolute atomic E-state index is 11.9. The zero-order valence-corrected chi connectivity index (χ0v) is 12.5. The fourth-order valence-corrected chi connectivity index (χ4v) is 3.34. The molecule has 1 aromatic heterocycles. The Morgan fingerprint density at radius 3 is 2.76 bits per heavy atom. The first kappa shape index (κ1) is 15.3. The van der Waals surface area contributed by atoms with E-state index in [0.717, 1.165) is 0 Å². The molecule has 1 N–H and O–H groups in total. The fraction of sp³-hybridized carbons (Fsp3) is 0.692. The van der Waals surface area contributed by atoms with Gasteiger partial charge in [-0.15, -0.1) is 0 Å². The molecule has 0 spiro atoms. The molecule has 8 heteroatoms. The average molecular weight is 296 g/mol. The summed E-state index contributed by atoms with van der Waals surface area (Å²) in [4.78, 5) is 24.4. The molecule has 1 atom stereocenters. The number of nitro groups is 1. The SMILES string of the molecule is CCCC1(C(=O)O)CCCN1c1c([N+](=O)[O-])c(C)nn1C. The lowest BCUT2D eigenvalue weighted by molar-refractivity contribution is -0.384. The van der Waals surface area contributed by atoms with E-state index < -0.39 is 16.4 Å². The van der Waals surface area contributed by atoms with Crippen LogP contribution in [0.4, 0.5) is 11.5 Å². The van der Waals surface area contributed by atoms with Crippen molar-refractivity contribution in [2.24, 2.45) is 7.05 Å². The van der Waals surface area contributed by atoms with Crippen molar-refractivity contribution in [2.75, 3.05) is 11.4 Å². The summed E-state index contributed by atoms with van der Waals surface area (Å²) >= 11 is 0. The van der Waals surface area contributed by atoms with Crippen LogP contribution in [-0.2, 0) is 11.8 Å². The molecule has 2 rings (SSSR count). The second-order valence-corrected chi connectivity index (χ2v) is 5.48. The van der Waals surface area contributed by atoms with E-state index in [-0.39, 0.29) is 5.69 Å². The standard InChI is InChI=1S/C13H20N4O4/c1-4-6-13(12(18)19)7-5-8-16(13)11-10(17(20)21)9(2)14-15(11)3/h4-8H2,1-3H3,(H,18,19). The Kier molecular flexibility index (Phi) is 3.89. The van der Waals surface area contributed by atoms with Gasteiger partial charge in [0.1, 0.15) is 11.2 Å². The second kappa shape index (κ2) is 5.34. The summed E-state index contributed by atoms with van der Waals surface area (Å²) < 4.78 is 1.42. The van der Waals surface area contributed by atoms with E-state index in [9.17, 15) is 20.0 Å². The third-order valence-electron chi connectivity index (χ3n) is 4.15. The van der Waals surface area contributed by atoms with Gasteiger partial charge < -0.3 is 10.0 Å². The highest BCUT2D eigenvalue weighted by molar-refractivity contribution is 5.85. The number of carboxylic acid groups (broad SMARTS) is 1. The molecule has 2 heterocycles. The smallest absolute Gasteiger partial charge is 0.333 e. The van der Waals surface area contributed by atoms with Gasteiger partial charge in [-0.1, -0.05) is 13.3 Å². The molecule has 1 aliphatic rings. The maximum atomic E-state index is 11.9. The number of carboxylic acids is 1. The Labute approximate surface area is 122 Å². The lowest BCUT2D eigenvalue weighted by Crippen LogP contribution is -2.51. The summed E-state index contributed by atoms with van der Waals surface area (Å²) in [7, 11) is 1.62. The first-order chi connectivity index (χ1) is 9.85. The minimum absolute atomic E-state index is 0.0962. The van der Waals surface area contributed by atoms with Gasteiger partial charge in [0, 0.05) is 13.6 Å². The first-order valence-electron chi connectivity index (χ1n) is 7.04. The lowest BCUT2D eigenvalue weighted by Gasteiger charge is -2.35. The molecule has 1 saturated heterocycles. The van der Waals surface area contributed by atoms with Crippen molar-refractivity contribution < 1.29 is 14.8 Å². The summed E-state index contributed by atoms with van der Waals surface area (Å²) in [5.41, 5.74) is -0.860. The third-order valence-corrected chi connectivity index (χ3v) is 4.15. The topological polar surface area (TPSA) is 102 Å². The second-order valence-electron chi connectivity index (χ2n) is 5.48. The highest BCUT2D eigenvalue weighted by atomic mass is 16.6. The molecule has 1 aromatic rings. The van der Waals surface area contributed by atoms with Gasteiger partial charge in [0.25, 0.3) is 0 Å². The van der Waals surface area contributed by atoms with Crippen LogP contribution in [0.2, 0.25) is 0 Å². The molecular formula is C13H20N4O4. The zero-order valence-electron chi connectivity index (χ0n) is 12.5. The molecular weight excluding hydrogens is 276 g/mol. The highest BCUT2D eigenvalue weighted by Crippen LogP contribution is 2.42. The van der Waals surface area contributed by atoms with Crippen molar-refractivity contribution in [2.45, 2.75) is 45.1 Å². The van der Waals surface area contributed by atoms with Gasteiger partial charge in [0.2, 0.25) is 5.82 Å². The fourth-order valence-electron chi connectivity index (χ4n) is 3.34. The molecule has 0 aromatic carbocycles. The molecule has 0 bridgehead atoms. The molecule has 1 unspecified atom stereocenters. The van der Waals surface area contributed by atoms with Crippen LogP contribution in [-0.4, -0.2) is 37.9 Å². The van der Waals surface area contributed by atoms with Gasteiger partial charge in [-0.05, 0) is 26.2 Å². The number of aromatic nitrogens is 2. The van der Waals surface area contributed by atoms with Crippen LogP contribution < -0.4 is 4.90 Å². The number of anilines is 1. The molecule has 21 heavy (non-hydrogen) atoms. The molecule has 116 valence electrons. The number of hydrogen-bond donors (Lipinski definition) is 1. The van der Waals surface area contributed by atoms with Gasteiger partial charge >= 0.3 is 11.7 Å². The predicted octanol–water partition coefficient (Wildman–Crippen LogP) is 1.86. The zero-order chi connectivity index (χ0) is 15.8. The minimum atomic E-state index is -1.07. The largest absolute Gasteiger partial charge is 0.479 e. The van der Waals surface area contributed by atoms with Crippen LogP contribution in [0.15, 0.2) is 0 Å². The van der Waals surface area contributed by atoms with E-state index in [1.807, 2.05) is 6.92 Å². The Morgan fingerprint density at radius 2 is 2.24 bits per heavy atom. The predicted molar refractivity (Wildman–Crippen MR) is 76.5 cm³/mol. The molecule has 1 fully saturated rings. The van der Waals surface area contributed by atoms with E-state index in [1.54, 1.807) is 18.9 Å². The van der Waals surface area contributed by atoms with Gasteiger partial charge in [-0.2, -0.15) is 5.10 Å². The van der Waals surface area contributed by atoms with Crippen LogP contribution in [0.25, 0.3) is 0 Å². The number of aryl methyl sites for hydroxylation is 2. The molecule has 0 aliphatic carbocycles. The molecule has 8 nitrogen and oxygen atoms in total. The average Bonchev–Trinajstić information content (AvgIpc) is 2.91. The van der Waals surface area contributed by atoms with Gasteiger partial charge in [0.05, 0.1) is 4.92 Å². The van der Waals surface area contributed by atoms with E-state index in [2.05, 4.69) is 5.10 Å². The quantitative estimate of drug-likeness (QED) is 0.657. The van der Waals surface area contributed by atoms with E-state index in [0.29, 0.717) is 43.7 Å². The monoisotopic (exact) mass is 296 g/mol. The molecule has 0 radical (unpaired) electrons. The van der Waals surface area contributed by atoms with Gasteiger partial charge in [0.15, 0.2) is 0 Å². The first-order valence-corrected chi connectivity index (χ1v) is 7.04. The van der Waals surface area contributed by atoms with E-state index in [4.69, 9.17) is 0 Å². The van der Waals surface area contributed by atoms with Gasteiger partial charge in [-0.3, -0.25) is 10.1 Å². The summed E-state index contributed by atoms with van der Waals surface area (Å²) in [5.74, 6) is -0.624. The Morgan fingerprint density at radius 1 is 1.57 bits per heavy atom. The van der Waals surface area contributed by atoms with Crippen molar-refractivity contribution in [1.29, 1.82) is 0 Å². The number of hydrogen-bond acceptors (Lipinski definition) is 5. The summed E-state index contributed by atoms with van der Waals surface area (Å²) in [6.45, 7) is 3.98. The van der Waals surface area contributed by atoms with Crippen molar-refractivity contribution in [3.63, 3.8) is 0 Å². The van der Waals surface area contributed by atoms with Crippen LogP contribution >= 0.6 is 0 Å². The van der Waals surface area contributed by atoms with Crippen molar-refractivity contribution in [3.8, 4) is 0 Å². The minimum Gasteiger partial charge on any atom is -0.479 e. The Balaban J connectivity index is 2.59. The Hall–Kier alpha value is -2.12. The van der Waals surface area contributed by atoms with Crippen molar-refractivity contribution >= 4 is 17.5 Å². The lowest BCUT2D eigenvalue weighted by atomic mass is 9.90. The molecule has 0 saturated carbocycles. The highest BCUT2D eigenvalue weighted by Gasteiger charge is 2.50. The Bertz CT molecular complexity index is 583. The maximum Gasteiger partial charge on any atom is 0.333 e.